The maximum absolute atomic E-state index is 11.3. The molecule has 0 aromatic carbocycles. The van der Waals surface area contributed by atoms with Crippen LogP contribution < -0.4 is 5.32 Å². The van der Waals surface area contributed by atoms with Crippen molar-refractivity contribution in [2.45, 2.75) is 12.8 Å². The van der Waals surface area contributed by atoms with Gasteiger partial charge in [-0.25, -0.2) is 0 Å². The third-order valence-electron chi connectivity index (χ3n) is 2.00. The highest BCUT2D eigenvalue weighted by atomic mass is 16.3. The van der Waals surface area contributed by atoms with Crippen molar-refractivity contribution in [3.63, 3.8) is 0 Å². The largest absolute Gasteiger partial charge is 0.396 e. The van der Waals surface area contributed by atoms with E-state index >= 15 is 0 Å². The summed E-state index contributed by atoms with van der Waals surface area (Å²) in [6.45, 7) is 3.05. The summed E-state index contributed by atoms with van der Waals surface area (Å²) in [4.78, 5) is 13.1. The molecule has 1 rings (SSSR count). The normalized spacial score (nSPS) is 19.4. The van der Waals surface area contributed by atoms with E-state index in [9.17, 15) is 4.79 Å². The van der Waals surface area contributed by atoms with Gasteiger partial charge in [-0.05, 0) is 19.4 Å². The molecule has 4 heteroatoms. The fourth-order valence-electron chi connectivity index (χ4n) is 1.32. The van der Waals surface area contributed by atoms with Gasteiger partial charge in [-0.2, -0.15) is 0 Å². The van der Waals surface area contributed by atoms with E-state index in [2.05, 4.69) is 5.32 Å². The van der Waals surface area contributed by atoms with Crippen LogP contribution in [0.4, 0.5) is 0 Å². The molecule has 1 amide bonds. The first-order valence-electron chi connectivity index (χ1n) is 4.44. The van der Waals surface area contributed by atoms with Gasteiger partial charge in [-0.15, -0.1) is 0 Å². The molecule has 0 unspecified atom stereocenters. The van der Waals surface area contributed by atoms with E-state index in [4.69, 9.17) is 5.11 Å². The smallest absolute Gasteiger partial charge is 0.236 e. The molecular formula is C8H16N2O2. The van der Waals surface area contributed by atoms with Gasteiger partial charge in [0.2, 0.25) is 5.91 Å². The van der Waals surface area contributed by atoms with Crippen LogP contribution in [-0.4, -0.2) is 48.7 Å². The summed E-state index contributed by atoms with van der Waals surface area (Å²) in [5.74, 6) is 0.154. The molecule has 0 saturated carbocycles. The van der Waals surface area contributed by atoms with Gasteiger partial charge in [0, 0.05) is 19.7 Å². The molecule has 0 atom stereocenters. The van der Waals surface area contributed by atoms with Crippen molar-refractivity contribution in [1.29, 1.82) is 0 Å². The summed E-state index contributed by atoms with van der Waals surface area (Å²) in [5, 5.41) is 11.6. The Morgan fingerprint density at radius 3 is 3.17 bits per heavy atom. The molecule has 12 heavy (non-hydrogen) atoms. The van der Waals surface area contributed by atoms with Gasteiger partial charge in [0.15, 0.2) is 0 Å². The molecule has 1 fully saturated rings. The zero-order valence-corrected chi connectivity index (χ0v) is 7.25. The summed E-state index contributed by atoms with van der Waals surface area (Å²) in [7, 11) is 0. The van der Waals surface area contributed by atoms with E-state index in [0.717, 1.165) is 19.5 Å². The number of nitrogens with one attached hydrogen (secondary N) is 1. The second kappa shape index (κ2) is 5.11. The predicted molar refractivity (Wildman–Crippen MR) is 45.8 cm³/mol. The monoisotopic (exact) mass is 172 g/mol. The maximum atomic E-state index is 11.3. The SMILES string of the molecule is O=C1CNCCCN1CCCO. The van der Waals surface area contributed by atoms with Crippen LogP contribution in [0.25, 0.3) is 0 Å². The first-order valence-corrected chi connectivity index (χ1v) is 4.44. The quantitative estimate of drug-likeness (QED) is 0.585. The minimum atomic E-state index is 0.154. The van der Waals surface area contributed by atoms with Crippen molar-refractivity contribution in [2.24, 2.45) is 0 Å². The summed E-state index contributed by atoms with van der Waals surface area (Å²) < 4.78 is 0. The van der Waals surface area contributed by atoms with E-state index in [0.29, 0.717) is 19.5 Å². The van der Waals surface area contributed by atoms with Gasteiger partial charge < -0.3 is 15.3 Å². The summed E-state index contributed by atoms with van der Waals surface area (Å²) in [6.07, 6.45) is 1.70. The molecule has 1 heterocycles. The van der Waals surface area contributed by atoms with E-state index in [1.165, 1.54) is 0 Å². The van der Waals surface area contributed by atoms with Gasteiger partial charge in [-0.1, -0.05) is 0 Å². The number of aliphatic hydroxyl groups is 1. The Bertz CT molecular complexity index is 150. The van der Waals surface area contributed by atoms with Crippen LogP contribution >= 0.6 is 0 Å². The lowest BCUT2D eigenvalue weighted by Crippen LogP contribution is -2.35. The van der Waals surface area contributed by atoms with Crippen LogP contribution in [0.1, 0.15) is 12.8 Å². The number of aliphatic hydroxyl groups excluding tert-OH is 1. The van der Waals surface area contributed by atoms with Crippen molar-refractivity contribution in [2.75, 3.05) is 32.8 Å². The lowest BCUT2D eigenvalue weighted by Gasteiger charge is -2.19. The first-order chi connectivity index (χ1) is 5.84. The Labute approximate surface area is 72.6 Å². The van der Waals surface area contributed by atoms with Crippen molar-refractivity contribution in [3.05, 3.63) is 0 Å². The molecule has 1 saturated heterocycles. The van der Waals surface area contributed by atoms with Crippen molar-refractivity contribution >= 4 is 5.91 Å². The van der Waals surface area contributed by atoms with E-state index in [1.807, 2.05) is 4.90 Å². The molecule has 0 radical (unpaired) electrons. The van der Waals surface area contributed by atoms with Crippen LogP contribution in [0.5, 0.6) is 0 Å². The zero-order chi connectivity index (χ0) is 8.81. The minimum Gasteiger partial charge on any atom is -0.396 e. The van der Waals surface area contributed by atoms with Gasteiger partial charge in [-0.3, -0.25) is 4.79 Å². The lowest BCUT2D eigenvalue weighted by atomic mass is 10.3. The summed E-state index contributed by atoms with van der Waals surface area (Å²) >= 11 is 0. The minimum absolute atomic E-state index is 0.154. The van der Waals surface area contributed by atoms with Crippen molar-refractivity contribution in [1.82, 2.24) is 10.2 Å². The Kier molecular flexibility index (Phi) is 4.04. The highest BCUT2D eigenvalue weighted by molar-refractivity contribution is 5.78. The summed E-state index contributed by atoms with van der Waals surface area (Å²) in [5.41, 5.74) is 0. The molecule has 0 bridgehead atoms. The van der Waals surface area contributed by atoms with E-state index in [1.54, 1.807) is 0 Å². The average Bonchev–Trinajstić information content (AvgIpc) is 2.27. The molecule has 1 aliphatic heterocycles. The van der Waals surface area contributed by atoms with Crippen LogP contribution in [0, 0.1) is 0 Å². The Balaban J connectivity index is 2.31. The summed E-state index contributed by atoms with van der Waals surface area (Å²) in [6, 6.07) is 0. The second-order valence-electron chi connectivity index (χ2n) is 2.99. The molecular weight excluding hydrogens is 156 g/mol. The molecule has 0 spiro atoms. The molecule has 2 N–H and O–H groups in total. The van der Waals surface area contributed by atoms with Crippen LogP contribution in [0.15, 0.2) is 0 Å². The fraction of sp³-hybridized carbons (Fsp3) is 0.875. The number of amides is 1. The standard InChI is InChI=1S/C8H16N2O2/c11-6-2-5-10-4-1-3-9-7-8(10)12/h9,11H,1-7H2. The van der Waals surface area contributed by atoms with Gasteiger partial charge in [0.05, 0.1) is 6.54 Å². The zero-order valence-electron chi connectivity index (χ0n) is 7.25. The number of nitrogens with zero attached hydrogens (tertiary/aromatic N) is 1. The predicted octanol–water partition coefficient (Wildman–Crippen LogP) is -0.809. The first kappa shape index (κ1) is 9.48. The van der Waals surface area contributed by atoms with Crippen molar-refractivity contribution < 1.29 is 9.90 Å². The Hall–Kier alpha value is -0.610. The molecule has 0 aromatic heterocycles. The fourth-order valence-corrected chi connectivity index (χ4v) is 1.32. The highest BCUT2D eigenvalue weighted by Gasteiger charge is 2.14. The molecule has 1 aliphatic rings. The van der Waals surface area contributed by atoms with Crippen LogP contribution in [0.2, 0.25) is 0 Å². The maximum Gasteiger partial charge on any atom is 0.236 e. The molecule has 4 nitrogen and oxygen atoms in total. The number of hydrogen-bond acceptors (Lipinski definition) is 3. The number of hydrogen-bond donors (Lipinski definition) is 2. The third-order valence-corrected chi connectivity index (χ3v) is 2.00. The average molecular weight is 172 g/mol. The van der Waals surface area contributed by atoms with Crippen LogP contribution in [0.3, 0.4) is 0 Å². The molecule has 0 aliphatic carbocycles. The number of carbonyl (C=O) groups is 1. The number of carbonyl (C=O) groups excluding carboxylic acids is 1. The Morgan fingerprint density at radius 2 is 2.42 bits per heavy atom. The molecule has 70 valence electrons. The second-order valence-corrected chi connectivity index (χ2v) is 2.99. The van der Waals surface area contributed by atoms with E-state index < -0.39 is 0 Å². The van der Waals surface area contributed by atoms with Gasteiger partial charge in [0.25, 0.3) is 0 Å². The van der Waals surface area contributed by atoms with Gasteiger partial charge >= 0.3 is 0 Å². The van der Waals surface area contributed by atoms with E-state index in [-0.39, 0.29) is 12.5 Å². The van der Waals surface area contributed by atoms with Gasteiger partial charge in [0.1, 0.15) is 0 Å². The van der Waals surface area contributed by atoms with Crippen LogP contribution in [-0.2, 0) is 4.79 Å². The topological polar surface area (TPSA) is 52.6 Å². The third kappa shape index (κ3) is 2.79. The number of rotatable bonds is 3. The Morgan fingerprint density at radius 1 is 1.58 bits per heavy atom. The lowest BCUT2D eigenvalue weighted by molar-refractivity contribution is -0.129. The highest BCUT2D eigenvalue weighted by Crippen LogP contribution is 1.97. The van der Waals surface area contributed by atoms with Crippen molar-refractivity contribution in [3.8, 4) is 0 Å². The molecule has 0 aromatic rings.